The lowest BCUT2D eigenvalue weighted by Gasteiger charge is -2.05. The van der Waals surface area contributed by atoms with Gasteiger partial charge in [-0.15, -0.1) is 11.3 Å². The summed E-state index contributed by atoms with van der Waals surface area (Å²) in [6.45, 7) is 4.71. The van der Waals surface area contributed by atoms with Crippen LogP contribution in [-0.4, -0.2) is 9.97 Å². The predicted octanol–water partition coefficient (Wildman–Crippen LogP) is 3.53. The number of nitrogens with one attached hydrogen (secondary N) is 1. The second-order valence-electron chi connectivity index (χ2n) is 3.51. The van der Waals surface area contributed by atoms with Gasteiger partial charge in [0.1, 0.15) is 5.82 Å². The smallest absolute Gasteiger partial charge is 0.145 e. The standard InChI is InChI=1S/C11H12BrN3S/c1-7-8(2)15-11(5-13-7)14-4-10-3-9(12)6-16-10/h3,5-6H,4H2,1-2H3,(H,14,15). The number of aryl methyl sites for hydroxylation is 2. The SMILES string of the molecule is Cc1ncc(NCc2cc(Br)cs2)nc1C. The van der Waals surface area contributed by atoms with Crippen molar-refractivity contribution >= 4 is 33.1 Å². The van der Waals surface area contributed by atoms with Crippen molar-refractivity contribution in [2.45, 2.75) is 20.4 Å². The predicted molar refractivity (Wildman–Crippen MR) is 70.9 cm³/mol. The van der Waals surface area contributed by atoms with Gasteiger partial charge >= 0.3 is 0 Å². The van der Waals surface area contributed by atoms with Gasteiger partial charge in [0.15, 0.2) is 0 Å². The Morgan fingerprint density at radius 1 is 1.38 bits per heavy atom. The van der Waals surface area contributed by atoms with Gasteiger partial charge in [-0.2, -0.15) is 0 Å². The number of aromatic nitrogens is 2. The number of hydrogen-bond donors (Lipinski definition) is 1. The van der Waals surface area contributed by atoms with E-state index in [2.05, 4.69) is 42.7 Å². The first-order valence-electron chi connectivity index (χ1n) is 4.92. The highest BCUT2D eigenvalue weighted by molar-refractivity contribution is 9.10. The maximum Gasteiger partial charge on any atom is 0.145 e. The Bertz CT molecular complexity index is 496. The molecule has 0 saturated carbocycles. The average molecular weight is 298 g/mol. The van der Waals surface area contributed by atoms with Gasteiger partial charge < -0.3 is 5.32 Å². The topological polar surface area (TPSA) is 37.8 Å². The van der Waals surface area contributed by atoms with Gasteiger partial charge in [-0.1, -0.05) is 0 Å². The summed E-state index contributed by atoms with van der Waals surface area (Å²) in [5, 5.41) is 5.33. The molecule has 0 aliphatic carbocycles. The van der Waals surface area contributed by atoms with Crippen LogP contribution in [0.3, 0.4) is 0 Å². The summed E-state index contributed by atoms with van der Waals surface area (Å²) in [4.78, 5) is 9.95. The van der Waals surface area contributed by atoms with Crippen LogP contribution < -0.4 is 5.32 Å². The van der Waals surface area contributed by atoms with Crippen LogP contribution in [0.2, 0.25) is 0 Å². The fraction of sp³-hybridized carbons (Fsp3) is 0.273. The number of anilines is 1. The molecule has 0 spiro atoms. The highest BCUT2D eigenvalue weighted by Gasteiger charge is 2.01. The number of halogens is 1. The molecule has 0 radical (unpaired) electrons. The van der Waals surface area contributed by atoms with E-state index in [0.717, 1.165) is 28.2 Å². The summed E-state index contributed by atoms with van der Waals surface area (Å²) in [6.07, 6.45) is 1.77. The van der Waals surface area contributed by atoms with E-state index in [1.807, 2.05) is 13.8 Å². The lowest BCUT2D eigenvalue weighted by Crippen LogP contribution is -2.02. The molecule has 0 aromatic carbocycles. The van der Waals surface area contributed by atoms with E-state index in [4.69, 9.17) is 0 Å². The number of thiophene rings is 1. The summed E-state index contributed by atoms with van der Waals surface area (Å²) < 4.78 is 1.13. The van der Waals surface area contributed by atoms with Crippen LogP contribution in [0.4, 0.5) is 5.82 Å². The Morgan fingerprint density at radius 2 is 2.19 bits per heavy atom. The van der Waals surface area contributed by atoms with E-state index in [-0.39, 0.29) is 0 Å². The van der Waals surface area contributed by atoms with Crippen LogP contribution in [-0.2, 0) is 6.54 Å². The van der Waals surface area contributed by atoms with Gasteiger partial charge in [-0.25, -0.2) is 4.98 Å². The highest BCUT2D eigenvalue weighted by Crippen LogP contribution is 2.20. The Labute approximate surface area is 107 Å². The van der Waals surface area contributed by atoms with Gasteiger partial charge in [0, 0.05) is 14.7 Å². The Morgan fingerprint density at radius 3 is 2.81 bits per heavy atom. The maximum atomic E-state index is 4.41. The van der Waals surface area contributed by atoms with Crippen molar-refractivity contribution in [3.8, 4) is 0 Å². The second-order valence-corrected chi connectivity index (χ2v) is 5.42. The van der Waals surface area contributed by atoms with Crippen LogP contribution in [0.5, 0.6) is 0 Å². The zero-order chi connectivity index (χ0) is 11.5. The van der Waals surface area contributed by atoms with Gasteiger partial charge in [0.25, 0.3) is 0 Å². The van der Waals surface area contributed by atoms with Gasteiger partial charge in [-0.05, 0) is 35.8 Å². The first kappa shape index (κ1) is 11.5. The molecule has 0 bridgehead atoms. The molecule has 16 heavy (non-hydrogen) atoms. The zero-order valence-electron chi connectivity index (χ0n) is 9.12. The zero-order valence-corrected chi connectivity index (χ0v) is 11.5. The molecule has 2 rings (SSSR count). The lowest BCUT2D eigenvalue weighted by atomic mass is 10.3. The van der Waals surface area contributed by atoms with Crippen molar-refractivity contribution in [2.75, 3.05) is 5.32 Å². The largest absolute Gasteiger partial charge is 0.364 e. The summed E-state index contributed by atoms with van der Waals surface area (Å²) in [5.41, 5.74) is 1.95. The first-order chi connectivity index (χ1) is 7.65. The summed E-state index contributed by atoms with van der Waals surface area (Å²) >= 11 is 5.15. The van der Waals surface area contributed by atoms with Crippen molar-refractivity contribution in [2.24, 2.45) is 0 Å². The normalized spacial score (nSPS) is 10.4. The first-order valence-corrected chi connectivity index (χ1v) is 6.59. The van der Waals surface area contributed by atoms with E-state index in [1.165, 1.54) is 4.88 Å². The van der Waals surface area contributed by atoms with Crippen molar-refractivity contribution in [1.82, 2.24) is 9.97 Å². The average Bonchev–Trinajstić information content (AvgIpc) is 2.66. The number of rotatable bonds is 3. The fourth-order valence-electron chi connectivity index (χ4n) is 1.25. The van der Waals surface area contributed by atoms with Crippen molar-refractivity contribution < 1.29 is 0 Å². The molecule has 2 aromatic heterocycles. The van der Waals surface area contributed by atoms with Crippen molar-refractivity contribution in [3.05, 3.63) is 38.4 Å². The molecule has 5 heteroatoms. The lowest BCUT2D eigenvalue weighted by molar-refractivity contribution is 1.02. The van der Waals surface area contributed by atoms with E-state index in [0.29, 0.717) is 0 Å². The van der Waals surface area contributed by atoms with Crippen LogP contribution in [0.1, 0.15) is 16.3 Å². The number of hydrogen-bond acceptors (Lipinski definition) is 4. The monoisotopic (exact) mass is 297 g/mol. The third-order valence-electron chi connectivity index (χ3n) is 2.26. The molecule has 0 aliphatic heterocycles. The van der Waals surface area contributed by atoms with Crippen molar-refractivity contribution in [3.63, 3.8) is 0 Å². The Balaban J connectivity index is 2.02. The number of nitrogens with zero attached hydrogens (tertiary/aromatic N) is 2. The van der Waals surface area contributed by atoms with Crippen LogP contribution in [0.15, 0.2) is 22.1 Å². The summed E-state index contributed by atoms with van der Waals surface area (Å²) in [5.74, 6) is 0.827. The molecule has 2 heterocycles. The quantitative estimate of drug-likeness (QED) is 0.942. The minimum atomic E-state index is 0.785. The molecule has 1 N–H and O–H groups in total. The van der Waals surface area contributed by atoms with Gasteiger partial charge in [-0.3, -0.25) is 4.98 Å². The third kappa shape index (κ3) is 2.80. The fourth-order valence-corrected chi connectivity index (χ4v) is 2.64. The van der Waals surface area contributed by atoms with Crippen LogP contribution in [0.25, 0.3) is 0 Å². The highest BCUT2D eigenvalue weighted by atomic mass is 79.9. The molecule has 84 valence electrons. The van der Waals surface area contributed by atoms with Crippen LogP contribution >= 0.6 is 27.3 Å². The maximum absolute atomic E-state index is 4.41. The molecule has 3 nitrogen and oxygen atoms in total. The minimum Gasteiger partial charge on any atom is -0.364 e. The van der Waals surface area contributed by atoms with Crippen LogP contribution in [0, 0.1) is 13.8 Å². The second kappa shape index (κ2) is 4.93. The summed E-state index contributed by atoms with van der Waals surface area (Å²) in [7, 11) is 0. The molecule has 0 aliphatic rings. The van der Waals surface area contributed by atoms with Gasteiger partial charge in [0.2, 0.25) is 0 Å². The molecule has 0 fully saturated rings. The van der Waals surface area contributed by atoms with E-state index in [9.17, 15) is 0 Å². The molecular formula is C11H12BrN3S. The molecular weight excluding hydrogens is 286 g/mol. The van der Waals surface area contributed by atoms with E-state index < -0.39 is 0 Å². The Kier molecular flexibility index (Phi) is 3.56. The molecule has 0 unspecified atom stereocenters. The van der Waals surface area contributed by atoms with Crippen molar-refractivity contribution in [1.29, 1.82) is 0 Å². The molecule has 0 amide bonds. The Hall–Kier alpha value is -0.940. The molecule has 0 saturated heterocycles. The third-order valence-corrected chi connectivity index (χ3v) is 3.96. The molecule has 2 aromatic rings. The molecule has 0 atom stereocenters. The van der Waals surface area contributed by atoms with E-state index in [1.54, 1.807) is 17.5 Å². The summed E-state index contributed by atoms with van der Waals surface area (Å²) in [6, 6.07) is 2.10. The minimum absolute atomic E-state index is 0.785. The van der Waals surface area contributed by atoms with E-state index >= 15 is 0 Å². The van der Waals surface area contributed by atoms with Gasteiger partial charge in [0.05, 0.1) is 24.1 Å².